The van der Waals surface area contributed by atoms with Gasteiger partial charge in [0, 0.05) is 12.7 Å². The molecule has 0 aliphatic heterocycles. The molecule has 104 valence electrons. The number of para-hydroxylation sites is 1. The summed E-state index contributed by atoms with van der Waals surface area (Å²) in [4.78, 5) is 14.0. The largest absolute Gasteiger partial charge is 0.315 e. The zero-order chi connectivity index (χ0) is 14.5. The van der Waals surface area contributed by atoms with E-state index in [0.29, 0.717) is 12.3 Å². The quantitative estimate of drug-likeness (QED) is 0.819. The van der Waals surface area contributed by atoms with Crippen LogP contribution in [-0.2, 0) is 11.2 Å². The van der Waals surface area contributed by atoms with Gasteiger partial charge in [-0.25, -0.2) is 0 Å². The van der Waals surface area contributed by atoms with Gasteiger partial charge >= 0.3 is 0 Å². The van der Waals surface area contributed by atoms with E-state index in [2.05, 4.69) is 26.0 Å². The first kappa shape index (κ1) is 14.3. The maximum Gasteiger partial charge on any atom is 0.231 e. The van der Waals surface area contributed by atoms with Gasteiger partial charge < -0.3 is 4.90 Å². The second kappa shape index (κ2) is 6.38. The number of amides is 1. The van der Waals surface area contributed by atoms with Gasteiger partial charge in [-0.3, -0.25) is 4.79 Å². The summed E-state index contributed by atoms with van der Waals surface area (Å²) in [6.07, 6.45) is 0.434. The van der Waals surface area contributed by atoms with Crippen LogP contribution in [0.15, 0.2) is 54.6 Å². The molecule has 2 nitrogen and oxygen atoms in total. The lowest BCUT2D eigenvalue weighted by Gasteiger charge is -2.17. The van der Waals surface area contributed by atoms with Crippen molar-refractivity contribution in [3.63, 3.8) is 0 Å². The monoisotopic (exact) mass is 267 g/mol. The Morgan fingerprint density at radius 1 is 1.00 bits per heavy atom. The Morgan fingerprint density at radius 2 is 1.60 bits per heavy atom. The molecular formula is C18H21NO. The molecular weight excluding hydrogens is 246 g/mol. The van der Waals surface area contributed by atoms with E-state index in [1.54, 1.807) is 4.90 Å². The highest BCUT2D eigenvalue weighted by molar-refractivity contribution is 5.94. The Kier molecular flexibility index (Phi) is 4.57. The molecule has 0 aliphatic carbocycles. The highest BCUT2D eigenvalue weighted by atomic mass is 16.2. The molecule has 20 heavy (non-hydrogen) atoms. The van der Waals surface area contributed by atoms with Crippen LogP contribution in [0.2, 0.25) is 0 Å². The summed E-state index contributed by atoms with van der Waals surface area (Å²) in [6, 6.07) is 18.0. The molecule has 2 aromatic carbocycles. The number of carbonyl (C=O) groups is 1. The average molecular weight is 267 g/mol. The number of likely N-dealkylation sites (N-methyl/N-ethyl adjacent to an activating group) is 1. The number of carbonyl (C=O) groups excluding carboxylic acids is 1. The number of rotatable bonds is 4. The fourth-order valence-corrected chi connectivity index (χ4v) is 2.11. The highest BCUT2D eigenvalue weighted by Crippen LogP contribution is 2.16. The van der Waals surface area contributed by atoms with Crippen LogP contribution in [0.3, 0.4) is 0 Å². The fourth-order valence-electron chi connectivity index (χ4n) is 2.11. The van der Waals surface area contributed by atoms with Crippen LogP contribution in [0.1, 0.15) is 30.9 Å². The summed E-state index contributed by atoms with van der Waals surface area (Å²) < 4.78 is 0. The maximum atomic E-state index is 12.3. The topological polar surface area (TPSA) is 20.3 Å². The van der Waals surface area contributed by atoms with Gasteiger partial charge in [-0.2, -0.15) is 0 Å². The Hall–Kier alpha value is -2.09. The number of benzene rings is 2. The van der Waals surface area contributed by atoms with Crippen LogP contribution in [0.5, 0.6) is 0 Å². The normalized spacial score (nSPS) is 10.6. The first-order valence-electron chi connectivity index (χ1n) is 6.98. The van der Waals surface area contributed by atoms with Gasteiger partial charge in [-0.05, 0) is 29.2 Å². The summed E-state index contributed by atoms with van der Waals surface area (Å²) in [6.45, 7) is 4.34. The van der Waals surface area contributed by atoms with Crippen LogP contribution in [0.4, 0.5) is 5.69 Å². The molecule has 0 radical (unpaired) electrons. The predicted octanol–water partition coefficient (Wildman–Crippen LogP) is 4.02. The molecule has 0 aliphatic rings. The number of nitrogens with zero attached hydrogens (tertiary/aromatic N) is 1. The van der Waals surface area contributed by atoms with Gasteiger partial charge in [-0.15, -0.1) is 0 Å². The summed E-state index contributed by atoms with van der Waals surface area (Å²) in [7, 11) is 1.82. The summed E-state index contributed by atoms with van der Waals surface area (Å²) in [5.41, 5.74) is 3.29. The Labute approximate surface area is 121 Å². The van der Waals surface area contributed by atoms with E-state index in [4.69, 9.17) is 0 Å². The van der Waals surface area contributed by atoms with Gasteiger partial charge in [0.1, 0.15) is 0 Å². The molecule has 2 heteroatoms. The third-order valence-electron chi connectivity index (χ3n) is 3.52. The Bertz CT molecular complexity index is 558. The average Bonchev–Trinajstić information content (AvgIpc) is 2.48. The molecule has 0 unspecified atom stereocenters. The molecule has 1 amide bonds. The van der Waals surface area contributed by atoms with Crippen molar-refractivity contribution >= 4 is 11.6 Å². The minimum Gasteiger partial charge on any atom is -0.315 e. The molecule has 0 spiro atoms. The molecule has 0 saturated heterocycles. The van der Waals surface area contributed by atoms with Crippen molar-refractivity contribution in [2.75, 3.05) is 11.9 Å². The van der Waals surface area contributed by atoms with E-state index in [1.807, 2.05) is 49.5 Å². The molecule has 0 fully saturated rings. The molecule has 0 aromatic heterocycles. The Morgan fingerprint density at radius 3 is 2.15 bits per heavy atom. The molecule has 0 N–H and O–H groups in total. The first-order chi connectivity index (χ1) is 9.58. The van der Waals surface area contributed by atoms with Gasteiger partial charge in [-0.1, -0.05) is 56.3 Å². The smallest absolute Gasteiger partial charge is 0.231 e. The van der Waals surface area contributed by atoms with Gasteiger partial charge in [0.2, 0.25) is 5.91 Å². The number of anilines is 1. The maximum absolute atomic E-state index is 12.3. The molecule has 0 bridgehead atoms. The minimum atomic E-state index is 0.105. The standard InChI is InChI=1S/C18H21NO/c1-14(2)16-11-9-15(10-12-16)13-18(20)19(3)17-7-5-4-6-8-17/h4-12,14H,13H2,1-3H3. The van der Waals surface area contributed by atoms with Crippen molar-refractivity contribution in [3.8, 4) is 0 Å². The van der Waals surface area contributed by atoms with E-state index < -0.39 is 0 Å². The van der Waals surface area contributed by atoms with Gasteiger partial charge in [0.15, 0.2) is 0 Å². The summed E-state index contributed by atoms with van der Waals surface area (Å²) >= 11 is 0. The highest BCUT2D eigenvalue weighted by Gasteiger charge is 2.11. The summed E-state index contributed by atoms with van der Waals surface area (Å²) in [5.74, 6) is 0.625. The second-order valence-electron chi connectivity index (χ2n) is 5.36. The van der Waals surface area contributed by atoms with Crippen LogP contribution < -0.4 is 4.90 Å². The van der Waals surface area contributed by atoms with E-state index in [-0.39, 0.29) is 5.91 Å². The number of hydrogen-bond acceptors (Lipinski definition) is 1. The minimum absolute atomic E-state index is 0.105. The number of hydrogen-bond donors (Lipinski definition) is 0. The molecule has 2 rings (SSSR count). The third-order valence-corrected chi connectivity index (χ3v) is 3.52. The predicted molar refractivity (Wildman–Crippen MR) is 84.1 cm³/mol. The van der Waals surface area contributed by atoms with E-state index in [9.17, 15) is 4.79 Å². The van der Waals surface area contributed by atoms with Crippen molar-refractivity contribution in [1.82, 2.24) is 0 Å². The van der Waals surface area contributed by atoms with E-state index in [1.165, 1.54) is 5.56 Å². The molecule has 0 heterocycles. The van der Waals surface area contributed by atoms with Crippen molar-refractivity contribution in [3.05, 3.63) is 65.7 Å². The fraction of sp³-hybridized carbons (Fsp3) is 0.278. The molecule has 0 atom stereocenters. The van der Waals surface area contributed by atoms with Gasteiger partial charge in [0.05, 0.1) is 6.42 Å². The van der Waals surface area contributed by atoms with Crippen LogP contribution >= 0.6 is 0 Å². The third kappa shape index (κ3) is 3.47. The lowest BCUT2D eigenvalue weighted by atomic mass is 10.0. The van der Waals surface area contributed by atoms with E-state index >= 15 is 0 Å². The first-order valence-corrected chi connectivity index (χ1v) is 6.98. The van der Waals surface area contributed by atoms with Crippen LogP contribution in [0.25, 0.3) is 0 Å². The van der Waals surface area contributed by atoms with Crippen molar-refractivity contribution in [2.45, 2.75) is 26.2 Å². The SMILES string of the molecule is CC(C)c1ccc(CC(=O)N(C)c2ccccc2)cc1. The van der Waals surface area contributed by atoms with Crippen molar-refractivity contribution < 1.29 is 4.79 Å². The lowest BCUT2D eigenvalue weighted by Crippen LogP contribution is -2.27. The summed E-state index contributed by atoms with van der Waals surface area (Å²) in [5, 5.41) is 0. The lowest BCUT2D eigenvalue weighted by molar-refractivity contribution is -0.117. The van der Waals surface area contributed by atoms with E-state index in [0.717, 1.165) is 11.3 Å². The van der Waals surface area contributed by atoms with Crippen molar-refractivity contribution in [2.24, 2.45) is 0 Å². The molecule has 2 aromatic rings. The van der Waals surface area contributed by atoms with Crippen molar-refractivity contribution in [1.29, 1.82) is 0 Å². The molecule has 0 saturated carbocycles. The van der Waals surface area contributed by atoms with Crippen LogP contribution in [-0.4, -0.2) is 13.0 Å². The zero-order valence-corrected chi connectivity index (χ0v) is 12.3. The van der Waals surface area contributed by atoms with Crippen LogP contribution in [0, 0.1) is 0 Å². The Balaban J connectivity index is 2.04. The van der Waals surface area contributed by atoms with Gasteiger partial charge in [0.25, 0.3) is 0 Å². The zero-order valence-electron chi connectivity index (χ0n) is 12.3. The second-order valence-corrected chi connectivity index (χ2v) is 5.36.